The van der Waals surface area contributed by atoms with E-state index in [0.29, 0.717) is 23.5 Å². The van der Waals surface area contributed by atoms with Crippen molar-refractivity contribution in [3.63, 3.8) is 0 Å². The molecule has 0 aromatic heterocycles. The largest absolute Gasteiger partial charge is 0.487 e. The minimum Gasteiger partial charge on any atom is -0.487 e. The molecule has 0 saturated heterocycles. The summed E-state index contributed by atoms with van der Waals surface area (Å²) in [6.45, 7) is 0.426. The van der Waals surface area contributed by atoms with Crippen LogP contribution >= 0.6 is 54.5 Å². The van der Waals surface area contributed by atoms with E-state index in [0.717, 1.165) is 23.6 Å². The van der Waals surface area contributed by atoms with E-state index in [1.54, 1.807) is 18.2 Å². The highest BCUT2D eigenvalue weighted by Crippen LogP contribution is 2.36. The Bertz CT molecular complexity index is 1130. The summed E-state index contributed by atoms with van der Waals surface area (Å²) in [4.78, 5) is 10.3. The predicted molar refractivity (Wildman–Crippen MR) is 132 cm³/mol. The second kappa shape index (κ2) is 10.2. The molecule has 30 heavy (non-hydrogen) atoms. The zero-order chi connectivity index (χ0) is 21.7. The van der Waals surface area contributed by atoms with Crippen LogP contribution in [0.2, 0.25) is 0 Å². The molecule has 8 heteroatoms. The third-order valence-corrected chi connectivity index (χ3v) is 6.03. The maximum absolute atomic E-state index is 10.8. The lowest BCUT2D eigenvalue weighted by Crippen LogP contribution is -1.97. The fourth-order valence-electron chi connectivity index (χ4n) is 2.65. The number of nitrogens with zero attached hydrogens (tertiary/aromatic N) is 2. The minimum atomic E-state index is -0.470. The van der Waals surface area contributed by atoms with Crippen molar-refractivity contribution >= 4 is 71.8 Å². The van der Waals surface area contributed by atoms with Crippen LogP contribution < -0.4 is 4.74 Å². The Kier molecular flexibility index (Phi) is 7.64. The van der Waals surface area contributed by atoms with Gasteiger partial charge in [0.1, 0.15) is 12.4 Å². The van der Waals surface area contributed by atoms with Gasteiger partial charge in [-0.1, -0.05) is 12.1 Å². The number of hydrogen-bond acceptors (Lipinski definition) is 4. The summed E-state index contributed by atoms with van der Waals surface area (Å²) in [6.07, 6.45) is 1.72. The number of halogens is 3. The lowest BCUT2D eigenvalue weighted by molar-refractivity contribution is -0.384. The van der Waals surface area contributed by atoms with Crippen molar-refractivity contribution < 1.29 is 9.66 Å². The summed E-state index contributed by atoms with van der Waals surface area (Å²) in [7, 11) is 0. The number of allylic oxidation sites excluding steroid dienone is 1. The molecule has 3 aromatic carbocycles. The Morgan fingerprint density at radius 2 is 1.70 bits per heavy atom. The van der Waals surface area contributed by atoms with Crippen LogP contribution in [0.15, 0.2) is 69.6 Å². The van der Waals surface area contributed by atoms with Gasteiger partial charge in [-0.25, -0.2) is 0 Å². The Hall–Kier alpha value is -2.22. The van der Waals surface area contributed by atoms with Gasteiger partial charge in [-0.3, -0.25) is 10.1 Å². The van der Waals surface area contributed by atoms with Crippen molar-refractivity contribution in [1.82, 2.24) is 0 Å². The van der Waals surface area contributed by atoms with Gasteiger partial charge < -0.3 is 4.74 Å². The monoisotopic (exact) mass is 638 g/mol. The Balaban J connectivity index is 1.83. The first-order chi connectivity index (χ1) is 14.4. The Labute approximate surface area is 203 Å². The first kappa shape index (κ1) is 22.5. The number of non-ortho nitro benzene ring substituents is 1. The highest BCUT2D eigenvalue weighted by molar-refractivity contribution is 14.1. The maximum Gasteiger partial charge on any atom is 0.269 e. The summed E-state index contributed by atoms with van der Waals surface area (Å²) in [6, 6.07) is 19.9. The van der Waals surface area contributed by atoms with Crippen LogP contribution in [0.3, 0.4) is 0 Å². The molecule has 0 heterocycles. The van der Waals surface area contributed by atoms with Crippen LogP contribution in [-0.2, 0) is 6.61 Å². The molecule has 0 bridgehead atoms. The molecule has 0 N–H and O–H groups in total. The highest BCUT2D eigenvalue weighted by Gasteiger charge is 2.11. The molecule has 5 nitrogen and oxygen atoms in total. The predicted octanol–water partition coefficient (Wildman–Crippen LogP) is 7.37. The fourth-order valence-corrected chi connectivity index (χ4v) is 4.46. The Morgan fingerprint density at radius 1 is 1.10 bits per heavy atom. The molecule has 150 valence electrons. The van der Waals surface area contributed by atoms with Crippen LogP contribution in [0.1, 0.15) is 16.7 Å². The second-order valence-electron chi connectivity index (χ2n) is 6.20. The van der Waals surface area contributed by atoms with E-state index >= 15 is 0 Å². The number of rotatable bonds is 6. The smallest absolute Gasteiger partial charge is 0.269 e. The number of nitriles is 1. The molecule has 3 rings (SSSR count). The van der Waals surface area contributed by atoms with Gasteiger partial charge in [0.2, 0.25) is 0 Å². The zero-order valence-corrected chi connectivity index (χ0v) is 20.6. The van der Waals surface area contributed by atoms with E-state index in [9.17, 15) is 15.4 Å². The minimum absolute atomic E-state index is 0.0174. The average Bonchev–Trinajstić information content (AvgIpc) is 2.73. The van der Waals surface area contributed by atoms with Crippen LogP contribution in [0.5, 0.6) is 5.75 Å². The molecular formula is C22H13Br2IN2O3. The van der Waals surface area contributed by atoms with E-state index in [1.165, 1.54) is 12.1 Å². The van der Waals surface area contributed by atoms with Crippen molar-refractivity contribution in [3.05, 3.63) is 100.0 Å². The first-order valence-electron chi connectivity index (χ1n) is 8.60. The van der Waals surface area contributed by atoms with Crippen molar-refractivity contribution in [2.24, 2.45) is 0 Å². The van der Waals surface area contributed by atoms with Crippen LogP contribution in [-0.4, -0.2) is 4.92 Å². The van der Waals surface area contributed by atoms with E-state index in [-0.39, 0.29) is 5.69 Å². The van der Waals surface area contributed by atoms with Crippen molar-refractivity contribution in [2.45, 2.75) is 6.61 Å². The molecule has 0 spiro atoms. The lowest BCUT2D eigenvalue weighted by Gasteiger charge is -2.12. The fraction of sp³-hybridized carbons (Fsp3) is 0.0455. The summed E-state index contributed by atoms with van der Waals surface area (Å²) < 4.78 is 8.61. The van der Waals surface area contributed by atoms with Gasteiger partial charge in [0.25, 0.3) is 5.69 Å². The van der Waals surface area contributed by atoms with E-state index < -0.39 is 4.92 Å². The molecule has 0 saturated carbocycles. The molecule has 0 aliphatic heterocycles. The molecule has 0 unspecified atom stereocenters. The average molecular weight is 640 g/mol. The number of nitro groups is 1. The standard InChI is InChI=1S/C22H13Br2IN2O3/c23-20-10-15(9-17(12-26)16-3-7-19(8-4-16)27(28)29)11-21(24)22(20)30-13-14-1-5-18(25)6-2-14/h1-11H,13H2/b17-9-. The quantitative estimate of drug-likeness (QED) is 0.0928. The molecular weight excluding hydrogens is 627 g/mol. The molecule has 0 aliphatic rings. The van der Waals surface area contributed by atoms with Crippen molar-refractivity contribution in [3.8, 4) is 11.8 Å². The molecule has 3 aromatic rings. The molecule has 0 radical (unpaired) electrons. The van der Waals surface area contributed by atoms with Gasteiger partial charge in [-0.2, -0.15) is 5.26 Å². The number of benzene rings is 3. The van der Waals surface area contributed by atoms with Crippen molar-refractivity contribution in [2.75, 3.05) is 0 Å². The highest BCUT2D eigenvalue weighted by atomic mass is 127. The number of hydrogen-bond donors (Lipinski definition) is 0. The normalized spacial score (nSPS) is 11.1. The number of nitro benzene ring substituents is 1. The van der Waals surface area contributed by atoms with Gasteiger partial charge >= 0.3 is 0 Å². The Morgan fingerprint density at radius 3 is 2.23 bits per heavy atom. The maximum atomic E-state index is 10.8. The third kappa shape index (κ3) is 5.68. The van der Waals surface area contributed by atoms with Gasteiger partial charge in [0.15, 0.2) is 0 Å². The second-order valence-corrected chi connectivity index (χ2v) is 9.16. The number of ether oxygens (including phenoxy) is 1. The topological polar surface area (TPSA) is 76.2 Å². The van der Waals surface area contributed by atoms with Crippen molar-refractivity contribution in [1.29, 1.82) is 5.26 Å². The molecule has 0 fully saturated rings. The van der Waals surface area contributed by atoms with Gasteiger partial charge in [-0.05, 0) is 114 Å². The van der Waals surface area contributed by atoms with Crippen LogP contribution in [0.25, 0.3) is 11.6 Å². The van der Waals surface area contributed by atoms with Gasteiger partial charge in [0, 0.05) is 15.7 Å². The summed E-state index contributed by atoms with van der Waals surface area (Å²) in [5, 5.41) is 20.4. The first-order valence-corrected chi connectivity index (χ1v) is 11.3. The van der Waals surface area contributed by atoms with E-state index in [2.05, 4.69) is 60.5 Å². The SMILES string of the molecule is N#C/C(=C/c1cc(Br)c(OCc2ccc(I)cc2)c(Br)c1)c1ccc([N+](=O)[O-])cc1. The van der Waals surface area contributed by atoms with Gasteiger partial charge in [0.05, 0.1) is 25.5 Å². The van der Waals surface area contributed by atoms with E-state index in [4.69, 9.17) is 4.74 Å². The summed E-state index contributed by atoms with van der Waals surface area (Å²) in [5.41, 5.74) is 2.83. The summed E-state index contributed by atoms with van der Waals surface area (Å²) in [5.74, 6) is 0.666. The van der Waals surface area contributed by atoms with Crippen LogP contribution in [0, 0.1) is 25.0 Å². The lowest BCUT2D eigenvalue weighted by atomic mass is 10.0. The molecule has 0 amide bonds. The van der Waals surface area contributed by atoms with Crippen LogP contribution in [0.4, 0.5) is 5.69 Å². The summed E-state index contributed by atoms with van der Waals surface area (Å²) >= 11 is 9.32. The third-order valence-electron chi connectivity index (χ3n) is 4.14. The molecule has 0 atom stereocenters. The molecule has 0 aliphatic carbocycles. The van der Waals surface area contributed by atoms with Gasteiger partial charge in [-0.15, -0.1) is 0 Å². The zero-order valence-electron chi connectivity index (χ0n) is 15.3. The van der Waals surface area contributed by atoms with E-state index in [1.807, 2.05) is 36.4 Å².